The predicted octanol–water partition coefficient (Wildman–Crippen LogP) is 1.88. The quantitative estimate of drug-likeness (QED) is 0.755. The third kappa shape index (κ3) is 2.81. The number of ether oxygens (including phenoxy) is 1. The molecular formula is C20H23N3O4. The first-order chi connectivity index (χ1) is 13.0. The summed E-state index contributed by atoms with van der Waals surface area (Å²) < 4.78 is 6.17. The van der Waals surface area contributed by atoms with E-state index < -0.39 is 6.04 Å². The summed E-state index contributed by atoms with van der Waals surface area (Å²) in [6.45, 7) is 0. The molecule has 7 nitrogen and oxygen atoms in total. The Bertz CT molecular complexity index is 967. The van der Waals surface area contributed by atoms with Crippen LogP contribution in [-0.4, -0.2) is 45.8 Å². The number of benzene rings is 1. The summed E-state index contributed by atoms with van der Waals surface area (Å²) >= 11 is 0. The maximum atomic E-state index is 13.6. The maximum absolute atomic E-state index is 13.6. The molecule has 7 heteroatoms. The Morgan fingerprint density at radius 3 is 2.59 bits per heavy atom. The van der Waals surface area contributed by atoms with Crippen molar-refractivity contribution in [2.24, 2.45) is 13.0 Å². The van der Waals surface area contributed by atoms with E-state index in [1.54, 1.807) is 29.2 Å². The fraction of sp³-hybridized carbons (Fsp3) is 0.500. The summed E-state index contributed by atoms with van der Waals surface area (Å²) in [7, 11) is 2.89. The number of likely N-dealkylation sites (tertiary alicyclic amines) is 1. The molecule has 2 heterocycles. The molecule has 2 aliphatic rings. The maximum Gasteiger partial charge on any atom is 0.328 e. The van der Waals surface area contributed by atoms with E-state index in [1.807, 2.05) is 0 Å². The molecule has 0 radical (unpaired) electrons. The van der Waals surface area contributed by atoms with Crippen molar-refractivity contribution in [3.8, 4) is 0 Å². The lowest BCUT2D eigenvalue weighted by molar-refractivity contribution is -0.145. The number of rotatable bonds is 2. The minimum absolute atomic E-state index is 0.0214. The van der Waals surface area contributed by atoms with Gasteiger partial charge in [0, 0.05) is 18.5 Å². The van der Waals surface area contributed by atoms with Crippen molar-refractivity contribution in [1.82, 2.24) is 14.7 Å². The third-order valence-corrected chi connectivity index (χ3v) is 5.95. The SMILES string of the molecule is COC(=O)[C@@H]1C[C@H]2CCCC[C@H]2N1C(=O)c1nn(C)c(=O)c2ccccc12. The van der Waals surface area contributed by atoms with Crippen LogP contribution < -0.4 is 5.56 Å². The molecule has 0 N–H and O–H groups in total. The van der Waals surface area contributed by atoms with Crippen LogP contribution in [0.3, 0.4) is 0 Å². The van der Waals surface area contributed by atoms with E-state index >= 15 is 0 Å². The average Bonchev–Trinajstić information content (AvgIpc) is 3.09. The Kier molecular flexibility index (Phi) is 4.45. The van der Waals surface area contributed by atoms with Gasteiger partial charge >= 0.3 is 5.97 Å². The molecule has 1 aliphatic carbocycles. The van der Waals surface area contributed by atoms with Crippen molar-refractivity contribution < 1.29 is 14.3 Å². The van der Waals surface area contributed by atoms with Gasteiger partial charge in [0.2, 0.25) is 0 Å². The number of fused-ring (bicyclic) bond motifs is 2. The van der Waals surface area contributed by atoms with Crippen LogP contribution in [0.4, 0.5) is 0 Å². The molecule has 4 rings (SSSR count). The summed E-state index contributed by atoms with van der Waals surface area (Å²) in [5.41, 5.74) is -0.0311. The first-order valence-electron chi connectivity index (χ1n) is 9.39. The Balaban J connectivity index is 1.83. The van der Waals surface area contributed by atoms with Crippen LogP contribution >= 0.6 is 0 Å². The lowest BCUT2D eigenvalue weighted by Gasteiger charge is -2.33. The van der Waals surface area contributed by atoms with E-state index in [0.717, 1.165) is 25.7 Å². The second kappa shape index (κ2) is 6.79. The van der Waals surface area contributed by atoms with Crippen LogP contribution in [0.2, 0.25) is 0 Å². The minimum Gasteiger partial charge on any atom is -0.467 e. The zero-order valence-corrected chi connectivity index (χ0v) is 15.6. The molecule has 0 spiro atoms. The highest BCUT2D eigenvalue weighted by Crippen LogP contribution is 2.41. The smallest absolute Gasteiger partial charge is 0.328 e. The molecule has 1 saturated carbocycles. The molecule has 1 saturated heterocycles. The van der Waals surface area contributed by atoms with Gasteiger partial charge in [-0.3, -0.25) is 9.59 Å². The fourth-order valence-corrected chi connectivity index (χ4v) is 4.68. The Morgan fingerprint density at radius 2 is 1.85 bits per heavy atom. The largest absolute Gasteiger partial charge is 0.467 e. The van der Waals surface area contributed by atoms with E-state index in [2.05, 4.69) is 5.10 Å². The zero-order valence-electron chi connectivity index (χ0n) is 15.6. The number of hydrogen-bond donors (Lipinski definition) is 0. The first kappa shape index (κ1) is 17.7. The first-order valence-corrected chi connectivity index (χ1v) is 9.39. The standard InChI is InChI=1S/C20H23N3O4/c1-22-18(24)14-9-5-4-8-13(14)17(21-22)19(25)23-15-10-6-3-7-12(15)11-16(23)20(26)27-2/h4-5,8-9,12,15-16H,3,6-7,10-11H2,1-2H3/t12-,15-,16+/m1/s1. The van der Waals surface area contributed by atoms with Gasteiger partial charge in [0.1, 0.15) is 6.04 Å². The zero-order chi connectivity index (χ0) is 19.1. The van der Waals surface area contributed by atoms with Gasteiger partial charge in [-0.05, 0) is 31.2 Å². The average molecular weight is 369 g/mol. The van der Waals surface area contributed by atoms with E-state index in [9.17, 15) is 14.4 Å². The molecular weight excluding hydrogens is 346 g/mol. The molecule has 1 aliphatic heterocycles. The van der Waals surface area contributed by atoms with Gasteiger partial charge in [-0.25, -0.2) is 9.48 Å². The van der Waals surface area contributed by atoms with Crippen molar-refractivity contribution in [3.05, 3.63) is 40.3 Å². The molecule has 27 heavy (non-hydrogen) atoms. The van der Waals surface area contributed by atoms with Crippen LogP contribution in [0.5, 0.6) is 0 Å². The van der Waals surface area contributed by atoms with Gasteiger partial charge < -0.3 is 9.64 Å². The second-order valence-electron chi connectivity index (χ2n) is 7.42. The van der Waals surface area contributed by atoms with E-state index in [-0.39, 0.29) is 29.2 Å². The Morgan fingerprint density at radius 1 is 1.15 bits per heavy atom. The van der Waals surface area contributed by atoms with Crippen molar-refractivity contribution in [2.75, 3.05) is 7.11 Å². The number of esters is 1. The van der Waals surface area contributed by atoms with Crippen molar-refractivity contribution in [3.63, 3.8) is 0 Å². The molecule has 1 aromatic heterocycles. The summed E-state index contributed by atoms with van der Waals surface area (Å²) in [6, 6.07) is 6.41. The van der Waals surface area contributed by atoms with Crippen LogP contribution in [-0.2, 0) is 16.6 Å². The van der Waals surface area contributed by atoms with Gasteiger partial charge in [-0.15, -0.1) is 0 Å². The number of aryl methyl sites for hydroxylation is 1. The van der Waals surface area contributed by atoms with Gasteiger partial charge in [0.15, 0.2) is 5.69 Å². The Hall–Kier alpha value is -2.70. The van der Waals surface area contributed by atoms with Crippen LogP contribution in [0.1, 0.15) is 42.6 Å². The highest BCUT2D eigenvalue weighted by Gasteiger charge is 2.48. The monoisotopic (exact) mass is 369 g/mol. The topological polar surface area (TPSA) is 81.5 Å². The van der Waals surface area contributed by atoms with Gasteiger partial charge in [0.25, 0.3) is 11.5 Å². The molecule has 0 bridgehead atoms. The lowest BCUT2D eigenvalue weighted by Crippen LogP contribution is -2.47. The van der Waals surface area contributed by atoms with Crippen molar-refractivity contribution >= 4 is 22.6 Å². The van der Waals surface area contributed by atoms with Crippen molar-refractivity contribution in [1.29, 1.82) is 0 Å². The number of hydrogen-bond acceptors (Lipinski definition) is 5. The fourth-order valence-electron chi connectivity index (χ4n) is 4.68. The Labute approximate surface area is 156 Å². The molecule has 1 amide bonds. The van der Waals surface area contributed by atoms with Crippen molar-refractivity contribution in [2.45, 2.75) is 44.2 Å². The molecule has 1 aromatic carbocycles. The van der Waals surface area contributed by atoms with E-state index in [1.165, 1.54) is 18.8 Å². The van der Waals surface area contributed by atoms with Crippen LogP contribution in [0.15, 0.2) is 29.1 Å². The summed E-state index contributed by atoms with van der Waals surface area (Å²) in [5, 5.41) is 5.24. The summed E-state index contributed by atoms with van der Waals surface area (Å²) in [6.07, 6.45) is 4.70. The number of carbonyl (C=O) groups excluding carboxylic acids is 2. The summed E-state index contributed by atoms with van der Waals surface area (Å²) in [5.74, 6) is -0.371. The second-order valence-corrected chi connectivity index (χ2v) is 7.42. The molecule has 2 fully saturated rings. The van der Waals surface area contributed by atoms with Gasteiger partial charge in [0.05, 0.1) is 12.5 Å². The van der Waals surface area contributed by atoms with E-state index in [0.29, 0.717) is 23.1 Å². The number of methoxy groups -OCH3 is 1. The number of aromatic nitrogens is 2. The van der Waals surface area contributed by atoms with Crippen LogP contribution in [0.25, 0.3) is 10.8 Å². The third-order valence-electron chi connectivity index (χ3n) is 5.95. The normalized spacial score (nSPS) is 24.7. The van der Waals surface area contributed by atoms with Crippen LogP contribution in [0, 0.1) is 5.92 Å². The molecule has 142 valence electrons. The molecule has 2 aromatic rings. The lowest BCUT2D eigenvalue weighted by atomic mass is 9.84. The number of nitrogens with zero attached hydrogens (tertiary/aromatic N) is 3. The highest BCUT2D eigenvalue weighted by molar-refractivity contribution is 6.06. The van der Waals surface area contributed by atoms with Gasteiger partial charge in [-0.1, -0.05) is 31.0 Å². The molecule has 0 unspecified atom stereocenters. The predicted molar refractivity (Wildman–Crippen MR) is 99.3 cm³/mol. The van der Waals surface area contributed by atoms with E-state index in [4.69, 9.17) is 4.74 Å². The highest BCUT2D eigenvalue weighted by atomic mass is 16.5. The number of carbonyl (C=O) groups is 2. The van der Waals surface area contributed by atoms with Gasteiger partial charge in [-0.2, -0.15) is 5.10 Å². The summed E-state index contributed by atoms with van der Waals surface area (Å²) in [4.78, 5) is 40.0. The minimum atomic E-state index is -0.589. The molecule has 3 atom stereocenters. The number of amides is 1.